The third-order valence-corrected chi connectivity index (χ3v) is 14.6. The Bertz CT molecular complexity index is 2610. The smallest absolute Gasteiger partial charge is 0.407 e. The fourth-order valence-corrected chi connectivity index (χ4v) is 11.2. The number of aromatic amines is 2. The van der Waals surface area contributed by atoms with Crippen LogP contribution in [-0.2, 0) is 30.9 Å². The van der Waals surface area contributed by atoms with E-state index in [1.165, 1.54) is 68.6 Å². The van der Waals surface area contributed by atoms with Crippen molar-refractivity contribution in [3.8, 4) is 33.6 Å². The van der Waals surface area contributed by atoms with E-state index >= 15 is 0 Å². The third-order valence-electron chi connectivity index (χ3n) is 14.6. The lowest BCUT2D eigenvalue weighted by atomic mass is 9.76. The van der Waals surface area contributed by atoms with Crippen LogP contribution in [0.4, 0.5) is 9.59 Å². The van der Waals surface area contributed by atoms with Gasteiger partial charge in [-0.2, -0.15) is 0 Å². The van der Waals surface area contributed by atoms with Crippen molar-refractivity contribution in [2.24, 2.45) is 11.8 Å². The van der Waals surface area contributed by atoms with E-state index in [2.05, 4.69) is 69.1 Å². The number of fused-ring (bicyclic) bond motifs is 3. The second-order valence-corrected chi connectivity index (χ2v) is 19.3. The highest BCUT2D eigenvalue weighted by molar-refractivity contribution is 5.92. The second-order valence-electron chi connectivity index (χ2n) is 19.3. The summed E-state index contributed by atoms with van der Waals surface area (Å²) in [6.07, 6.45) is 13.0. The number of likely N-dealkylation sites (tertiary alicyclic amines) is 2. The molecule has 2 aromatic heterocycles. The summed E-state index contributed by atoms with van der Waals surface area (Å²) < 4.78 is 9.64. The van der Waals surface area contributed by atoms with Crippen LogP contribution in [0.5, 0.6) is 0 Å². The number of alkyl carbamates (subject to hydrolysis) is 2. The SMILES string of the molecule is COC(=O)N[C@H](C(=O)N1CCC[C@H]1c1ncc(-c2cc3c(c(-c4ccc5cc(-c6cnc([C@@H]7CCCN7C(=O)[C@@H](NC(=O)OC)C(C)C)[nH]6)ccc5c4)c2)C2(CCCC2)CC3)[nH]1)C(C)C. The number of nitrogens with zero attached hydrogens (tertiary/aromatic N) is 4. The number of hydrogen-bond acceptors (Lipinski definition) is 8. The number of ether oxygens (including phenoxy) is 2. The molecule has 3 aromatic carbocycles. The molecule has 2 aliphatic heterocycles. The van der Waals surface area contributed by atoms with Crippen LogP contribution in [0, 0.1) is 11.8 Å². The number of nitrogens with one attached hydrogen (secondary N) is 4. The summed E-state index contributed by atoms with van der Waals surface area (Å²) in [6.45, 7) is 8.88. The zero-order valence-corrected chi connectivity index (χ0v) is 38.5. The van der Waals surface area contributed by atoms with Crippen molar-refractivity contribution in [1.29, 1.82) is 0 Å². The highest BCUT2D eigenvalue weighted by Gasteiger charge is 2.44. The first-order chi connectivity index (χ1) is 31.4. The highest BCUT2D eigenvalue weighted by atomic mass is 16.5. The molecule has 1 saturated carbocycles. The molecule has 9 rings (SSSR count). The van der Waals surface area contributed by atoms with Crippen LogP contribution < -0.4 is 10.6 Å². The third kappa shape index (κ3) is 8.36. The Morgan fingerprint density at radius 3 is 1.69 bits per heavy atom. The molecule has 1 spiro atoms. The molecule has 4 amide bonds. The maximum Gasteiger partial charge on any atom is 0.407 e. The standard InChI is InChI=1S/C51H62N8O6/c1-29(2)43(56-49(62)64-5)47(60)58-21-9-11-40(58)45-52-27-38(54-45)34-16-14-31-23-33(15-13-32(31)24-34)37-26-36(25-35-17-20-51(42(35)37)18-7-8-19-51)39-28-53-46(55-39)41-12-10-22-59(41)48(61)44(30(3)4)57-50(63)65-6/h13-16,23-30,40-41,43-44H,7-12,17-22H2,1-6H3,(H,52,54)(H,53,55)(H,56,62)(H,57,63)/t40-,41-,43-,44-/m0/s1. The minimum Gasteiger partial charge on any atom is -0.453 e. The maximum atomic E-state index is 13.9. The van der Waals surface area contributed by atoms with E-state index < -0.39 is 24.3 Å². The van der Waals surface area contributed by atoms with Gasteiger partial charge in [0.25, 0.3) is 0 Å². The van der Waals surface area contributed by atoms with Gasteiger partial charge in [0.2, 0.25) is 11.8 Å². The van der Waals surface area contributed by atoms with Crippen molar-refractivity contribution in [3.63, 3.8) is 0 Å². The monoisotopic (exact) mass is 882 g/mol. The number of benzene rings is 3. The predicted molar refractivity (Wildman–Crippen MR) is 249 cm³/mol. The topological polar surface area (TPSA) is 175 Å². The number of aromatic nitrogens is 4. The van der Waals surface area contributed by atoms with Crippen LogP contribution in [0.3, 0.4) is 0 Å². The number of carbonyl (C=O) groups excluding carboxylic acids is 4. The lowest BCUT2D eigenvalue weighted by Gasteiger charge is -2.30. The van der Waals surface area contributed by atoms with E-state index in [0.717, 1.165) is 77.0 Å². The summed E-state index contributed by atoms with van der Waals surface area (Å²) >= 11 is 0. The average Bonchev–Trinajstić information content (AvgIpc) is 4.18. The number of amides is 4. The Morgan fingerprint density at radius 1 is 0.662 bits per heavy atom. The van der Waals surface area contributed by atoms with Gasteiger partial charge in [-0.05, 0) is 126 Å². The Labute approximate surface area is 380 Å². The van der Waals surface area contributed by atoms with E-state index in [1.807, 2.05) is 49.9 Å². The van der Waals surface area contributed by atoms with Crippen LogP contribution in [0.2, 0.25) is 0 Å². The highest BCUT2D eigenvalue weighted by Crippen LogP contribution is 2.54. The molecule has 342 valence electrons. The first kappa shape index (κ1) is 44.0. The molecule has 4 heterocycles. The number of methoxy groups -OCH3 is 2. The Morgan fingerprint density at radius 2 is 1.17 bits per heavy atom. The normalized spacial score (nSPS) is 19.9. The van der Waals surface area contributed by atoms with Gasteiger partial charge in [-0.1, -0.05) is 64.8 Å². The fraction of sp³-hybridized carbons (Fsp3) is 0.490. The van der Waals surface area contributed by atoms with Gasteiger partial charge < -0.3 is 39.9 Å². The minimum absolute atomic E-state index is 0.108. The number of carbonyl (C=O) groups is 4. The summed E-state index contributed by atoms with van der Waals surface area (Å²) in [5.41, 5.74) is 9.49. The maximum absolute atomic E-state index is 13.9. The predicted octanol–water partition coefficient (Wildman–Crippen LogP) is 9.13. The van der Waals surface area contributed by atoms with Crippen LogP contribution in [0.15, 0.2) is 60.9 Å². The molecule has 65 heavy (non-hydrogen) atoms. The molecule has 0 unspecified atom stereocenters. The van der Waals surface area contributed by atoms with E-state index in [-0.39, 0.29) is 41.1 Å². The molecule has 14 nitrogen and oxygen atoms in total. The van der Waals surface area contributed by atoms with Crippen molar-refractivity contribution >= 4 is 34.8 Å². The molecule has 2 saturated heterocycles. The molecule has 4 aliphatic rings. The van der Waals surface area contributed by atoms with Gasteiger partial charge in [0, 0.05) is 24.2 Å². The van der Waals surface area contributed by atoms with Gasteiger partial charge >= 0.3 is 12.2 Å². The Balaban J connectivity index is 0.992. The first-order valence-corrected chi connectivity index (χ1v) is 23.5. The van der Waals surface area contributed by atoms with Crippen LogP contribution >= 0.6 is 0 Å². The molecular formula is C51H62N8O6. The Kier molecular flexibility index (Phi) is 12.2. The van der Waals surface area contributed by atoms with Gasteiger partial charge in [-0.3, -0.25) is 9.59 Å². The van der Waals surface area contributed by atoms with Crippen molar-refractivity contribution < 1.29 is 28.7 Å². The van der Waals surface area contributed by atoms with Crippen LogP contribution in [-0.4, -0.2) is 93.1 Å². The summed E-state index contributed by atoms with van der Waals surface area (Å²) in [5.74, 6) is 1.02. The molecule has 0 radical (unpaired) electrons. The van der Waals surface area contributed by atoms with E-state index in [4.69, 9.17) is 19.4 Å². The molecule has 2 aliphatic carbocycles. The van der Waals surface area contributed by atoms with E-state index in [1.54, 1.807) is 0 Å². The van der Waals surface area contributed by atoms with E-state index in [9.17, 15) is 19.2 Å². The first-order valence-electron chi connectivity index (χ1n) is 23.5. The van der Waals surface area contributed by atoms with Gasteiger partial charge in [0.05, 0.1) is 50.1 Å². The quantitative estimate of drug-likeness (QED) is 0.102. The molecule has 14 heteroatoms. The van der Waals surface area contributed by atoms with Crippen molar-refractivity contribution in [2.75, 3.05) is 27.3 Å². The van der Waals surface area contributed by atoms with Gasteiger partial charge in [-0.25, -0.2) is 19.6 Å². The summed E-state index contributed by atoms with van der Waals surface area (Å²) in [5, 5.41) is 7.74. The second kappa shape index (κ2) is 18.0. The summed E-state index contributed by atoms with van der Waals surface area (Å²) in [6, 6.07) is 16.2. The average molecular weight is 883 g/mol. The Hall–Kier alpha value is -6.18. The molecule has 3 fully saturated rings. The number of rotatable bonds is 11. The fourth-order valence-electron chi connectivity index (χ4n) is 11.2. The number of hydrogen-bond donors (Lipinski definition) is 4. The van der Waals surface area contributed by atoms with Crippen molar-refractivity contribution in [1.82, 2.24) is 40.4 Å². The largest absolute Gasteiger partial charge is 0.453 e. The lowest BCUT2D eigenvalue weighted by Crippen LogP contribution is -2.51. The van der Waals surface area contributed by atoms with E-state index in [0.29, 0.717) is 13.1 Å². The van der Waals surface area contributed by atoms with Crippen molar-refractivity contribution in [3.05, 3.63) is 83.7 Å². The van der Waals surface area contributed by atoms with Crippen molar-refractivity contribution in [2.45, 2.75) is 121 Å². The van der Waals surface area contributed by atoms with Crippen LogP contribution in [0.25, 0.3) is 44.4 Å². The van der Waals surface area contributed by atoms with Gasteiger partial charge in [0.15, 0.2) is 0 Å². The van der Waals surface area contributed by atoms with Gasteiger partial charge in [-0.15, -0.1) is 0 Å². The van der Waals surface area contributed by atoms with Crippen LogP contribution in [0.1, 0.15) is 120 Å². The zero-order valence-electron chi connectivity index (χ0n) is 38.5. The molecular weight excluding hydrogens is 821 g/mol. The number of imidazole rings is 2. The minimum atomic E-state index is -0.694. The summed E-state index contributed by atoms with van der Waals surface area (Å²) in [4.78, 5) is 72.4. The zero-order chi connectivity index (χ0) is 45.6. The number of aryl methyl sites for hydroxylation is 1. The lowest BCUT2D eigenvalue weighted by molar-refractivity contribution is -0.136. The molecule has 5 aromatic rings. The summed E-state index contributed by atoms with van der Waals surface area (Å²) in [7, 11) is 2.61. The molecule has 4 N–H and O–H groups in total. The van der Waals surface area contributed by atoms with Gasteiger partial charge in [0.1, 0.15) is 23.7 Å². The molecule has 0 bridgehead atoms. The molecule has 4 atom stereocenters. The number of H-pyrrole nitrogens is 2.